The van der Waals surface area contributed by atoms with Crippen LogP contribution in [0.4, 0.5) is 0 Å². The summed E-state index contributed by atoms with van der Waals surface area (Å²) in [6.07, 6.45) is -1.43. The van der Waals surface area contributed by atoms with Crippen LogP contribution in [0.2, 0.25) is 0 Å². The van der Waals surface area contributed by atoms with Gasteiger partial charge in [-0.15, -0.1) is 0 Å². The Hall–Kier alpha value is -1.46. The lowest BCUT2D eigenvalue weighted by molar-refractivity contribution is 0.0248. The quantitative estimate of drug-likeness (QED) is 0.457. The van der Waals surface area contributed by atoms with Gasteiger partial charge in [0.25, 0.3) is 0 Å². The minimum atomic E-state index is -0.835. The Labute approximate surface area is 80.4 Å². The van der Waals surface area contributed by atoms with Crippen molar-refractivity contribution in [3.8, 4) is 17.2 Å². The van der Waals surface area contributed by atoms with E-state index in [1.54, 1.807) is 0 Å². The Morgan fingerprint density at radius 1 is 1.36 bits per heavy atom. The van der Waals surface area contributed by atoms with Gasteiger partial charge in [0.15, 0.2) is 6.23 Å². The highest BCUT2D eigenvalue weighted by Gasteiger charge is 2.27. The number of aromatic hydroxyl groups is 2. The minimum absolute atomic E-state index is 0.0917. The van der Waals surface area contributed by atoms with Crippen LogP contribution in [-0.4, -0.2) is 27.7 Å². The number of hydrogen-bond donors (Lipinski definition) is 4. The van der Waals surface area contributed by atoms with Crippen molar-refractivity contribution in [3.63, 3.8) is 0 Å². The molecule has 0 saturated heterocycles. The second-order valence-corrected chi connectivity index (χ2v) is 3.30. The number of fused-ring (bicyclic) bond motifs is 1. The summed E-state index contributed by atoms with van der Waals surface area (Å²) in [6.45, 7) is 0. The summed E-state index contributed by atoms with van der Waals surface area (Å²) in [7, 11) is 0. The first-order chi connectivity index (χ1) is 6.58. The highest BCUT2D eigenvalue weighted by atomic mass is 16.5. The van der Waals surface area contributed by atoms with E-state index < -0.39 is 12.3 Å². The highest BCUT2D eigenvalue weighted by molar-refractivity contribution is 5.50. The van der Waals surface area contributed by atoms with Crippen LogP contribution in [-0.2, 0) is 6.42 Å². The molecule has 0 aliphatic carbocycles. The van der Waals surface area contributed by atoms with E-state index in [1.165, 1.54) is 12.1 Å². The monoisotopic (exact) mass is 197 g/mol. The number of hydrogen-bond acceptors (Lipinski definition) is 5. The second-order valence-electron chi connectivity index (χ2n) is 3.30. The van der Waals surface area contributed by atoms with E-state index in [0.29, 0.717) is 11.3 Å². The first-order valence-corrected chi connectivity index (χ1v) is 4.23. The normalized spacial score (nSPS) is 25.3. The molecule has 0 amide bonds. The Balaban J connectivity index is 2.46. The van der Waals surface area contributed by atoms with Crippen molar-refractivity contribution < 1.29 is 20.1 Å². The van der Waals surface area contributed by atoms with Crippen LogP contribution in [0.1, 0.15) is 5.56 Å². The van der Waals surface area contributed by atoms with Crippen molar-refractivity contribution in [2.24, 2.45) is 5.73 Å². The average Bonchev–Trinajstić information content (AvgIpc) is 2.08. The van der Waals surface area contributed by atoms with Gasteiger partial charge in [-0.3, -0.25) is 5.73 Å². The summed E-state index contributed by atoms with van der Waals surface area (Å²) in [6, 6.07) is 2.56. The Morgan fingerprint density at radius 3 is 2.79 bits per heavy atom. The second kappa shape index (κ2) is 3.04. The zero-order valence-corrected chi connectivity index (χ0v) is 7.34. The number of rotatable bonds is 0. The number of phenolic OH excluding ortho intramolecular Hbond substituents is 2. The summed E-state index contributed by atoms with van der Waals surface area (Å²) in [5.74, 6) is 0.135. The van der Waals surface area contributed by atoms with Gasteiger partial charge in [-0.2, -0.15) is 0 Å². The van der Waals surface area contributed by atoms with Crippen molar-refractivity contribution in [3.05, 3.63) is 17.7 Å². The van der Waals surface area contributed by atoms with Gasteiger partial charge in [-0.25, -0.2) is 0 Å². The first-order valence-electron chi connectivity index (χ1n) is 4.23. The third-order valence-electron chi connectivity index (χ3n) is 2.23. The highest BCUT2D eigenvalue weighted by Crippen LogP contribution is 2.36. The number of nitrogens with two attached hydrogens (primary N) is 1. The molecule has 1 heterocycles. The molecule has 0 saturated carbocycles. The van der Waals surface area contributed by atoms with Gasteiger partial charge in [0.05, 0.1) is 0 Å². The molecule has 1 aliphatic rings. The van der Waals surface area contributed by atoms with E-state index in [4.69, 9.17) is 10.5 Å². The van der Waals surface area contributed by atoms with Gasteiger partial charge >= 0.3 is 0 Å². The van der Waals surface area contributed by atoms with E-state index in [9.17, 15) is 15.3 Å². The van der Waals surface area contributed by atoms with Crippen molar-refractivity contribution in [1.29, 1.82) is 0 Å². The van der Waals surface area contributed by atoms with Gasteiger partial charge in [0.2, 0.25) is 0 Å². The molecular formula is C9H11NO4. The van der Waals surface area contributed by atoms with E-state index in [-0.39, 0.29) is 17.9 Å². The summed E-state index contributed by atoms with van der Waals surface area (Å²) >= 11 is 0. The number of aliphatic hydroxyl groups is 1. The maximum Gasteiger partial charge on any atom is 0.174 e. The van der Waals surface area contributed by atoms with E-state index in [0.717, 1.165) is 0 Å². The van der Waals surface area contributed by atoms with Crippen LogP contribution in [0.25, 0.3) is 0 Å². The van der Waals surface area contributed by atoms with Crippen molar-refractivity contribution >= 4 is 0 Å². The predicted octanol–water partition coefficient (Wildman–Crippen LogP) is -0.322. The molecule has 0 bridgehead atoms. The fourth-order valence-corrected chi connectivity index (χ4v) is 1.48. The van der Waals surface area contributed by atoms with Crippen LogP contribution in [0, 0.1) is 0 Å². The molecule has 0 aromatic heterocycles. The number of phenols is 2. The summed E-state index contributed by atoms with van der Waals surface area (Å²) in [5.41, 5.74) is 5.93. The Kier molecular flexibility index (Phi) is 1.98. The number of aliphatic hydroxyl groups excluding tert-OH is 1. The minimum Gasteiger partial charge on any atom is -0.508 e. The summed E-state index contributed by atoms with van der Waals surface area (Å²) < 4.78 is 5.11. The van der Waals surface area contributed by atoms with Crippen LogP contribution in [0.3, 0.4) is 0 Å². The van der Waals surface area contributed by atoms with Crippen molar-refractivity contribution in [2.75, 3.05) is 0 Å². The lowest BCUT2D eigenvalue weighted by atomic mass is 10.0. The molecule has 2 unspecified atom stereocenters. The van der Waals surface area contributed by atoms with Gasteiger partial charge < -0.3 is 20.1 Å². The third-order valence-corrected chi connectivity index (χ3v) is 2.23. The van der Waals surface area contributed by atoms with Gasteiger partial charge in [0.1, 0.15) is 23.4 Å². The van der Waals surface area contributed by atoms with Crippen molar-refractivity contribution in [1.82, 2.24) is 0 Å². The van der Waals surface area contributed by atoms with Crippen LogP contribution < -0.4 is 10.5 Å². The summed E-state index contributed by atoms with van der Waals surface area (Å²) in [5, 5.41) is 28.0. The van der Waals surface area contributed by atoms with E-state index >= 15 is 0 Å². The number of ether oxygens (including phenoxy) is 1. The van der Waals surface area contributed by atoms with E-state index in [1.807, 2.05) is 0 Å². The molecule has 1 aromatic rings. The van der Waals surface area contributed by atoms with Crippen LogP contribution in [0.5, 0.6) is 17.2 Å². The van der Waals surface area contributed by atoms with Gasteiger partial charge in [-0.05, 0) is 0 Å². The molecular weight excluding hydrogens is 186 g/mol. The zero-order valence-electron chi connectivity index (χ0n) is 7.34. The predicted molar refractivity (Wildman–Crippen MR) is 48.1 cm³/mol. The maximum absolute atomic E-state index is 9.45. The molecule has 5 N–H and O–H groups in total. The fraction of sp³-hybridized carbons (Fsp3) is 0.333. The molecule has 0 spiro atoms. The lowest BCUT2D eigenvalue weighted by Gasteiger charge is -2.28. The summed E-state index contributed by atoms with van der Waals surface area (Å²) in [4.78, 5) is 0. The van der Waals surface area contributed by atoms with Gasteiger partial charge in [-0.1, -0.05) is 0 Å². The SMILES string of the molecule is NC1Oc2cc(O)cc(O)c2CC1O. The van der Waals surface area contributed by atoms with Crippen LogP contribution in [0.15, 0.2) is 12.1 Å². The Bertz CT molecular complexity index is 366. The number of benzene rings is 1. The maximum atomic E-state index is 9.45. The average molecular weight is 197 g/mol. The molecule has 76 valence electrons. The molecule has 14 heavy (non-hydrogen) atoms. The molecule has 2 atom stereocenters. The standard InChI is InChI=1S/C9H11NO4/c10-9-7(13)3-5-6(12)1-4(11)2-8(5)14-9/h1-2,7,9,11-13H,3,10H2. The largest absolute Gasteiger partial charge is 0.508 e. The Morgan fingerprint density at radius 2 is 2.07 bits per heavy atom. The molecule has 0 fully saturated rings. The molecule has 2 rings (SSSR count). The lowest BCUT2D eigenvalue weighted by Crippen LogP contribution is -2.44. The van der Waals surface area contributed by atoms with Crippen molar-refractivity contribution in [2.45, 2.75) is 18.8 Å². The topological polar surface area (TPSA) is 95.9 Å². The smallest absolute Gasteiger partial charge is 0.174 e. The van der Waals surface area contributed by atoms with Crippen LogP contribution >= 0.6 is 0 Å². The molecule has 0 radical (unpaired) electrons. The first kappa shape index (κ1) is 9.11. The molecule has 1 aromatic carbocycles. The van der Waals surface area contributed by atoms with E-state index in [2.05, 4.69) is 0 Å². The molecule has 1 aliphatic heterocycles. The molecule has 5 nitrogen and oxygen atoms in total. The zero-order chi connectivity index (χ0) is 10.3. The molecule has 5 heteroatoms. The third kappa shape index (κ3) is 1.36. The fourth-order valence-electron chi connectivity index (χ4n) is 1.48. The van der Waals surface area contributed by atoms with Gasteiger partial charge in [0, 0.05) is 24.1 Å².